The third kappa shape index (κ3) is 5.04. The molecule has 2 rings (SSSR count). The number of rotatable bonds is 9. The minimum atomic E-state index is 0.157. The lowest BCUT2D eigenvalue weighted by molar-refractivity contribution is 0.212. The zero-order valence-electron chi connectivity index (χ0n) is 14.4. The van der Waals surface area contributed by atoms with E-state index in [1.165, 1.54) is 5.56 Å². The average molecular weight is 335 g/mol. The van der Waals surface area contributed by atoms with Crippen LogP contribution in [0.1, 0.15) is 45.1 Å². The Morgan fingerprint density at radius 3 is 2.57 bits per heavy atom. The van der Waals surface area contributed by atoms with Gasteiger partial charge in [0.2, 0.25) is 0 Å². The van der Waals surface area contributed by atoms with Crippen LogP contribution in [0, 0.1) is 6.92 Å². The maximum atomic E-state index is 6.15. The minimum Gasteiger partial charge on any atom is -0.493 e. The zero-order chi connectivity index (χ0) is 16.7. The van der Waals surface area contributed by atoms with E-state index in [-0.39, 0.29) is 6.10 Å². The molecule has 0 aliphatic rings. The number of hydrogen-bond acceptors (Lipinski definition) is 2. The van der Waals surface area contributed by atoms with E-state index in [1.54, 1.807) is 0 Å². The molecule has 1 unspecified atom stereocenters. The second-order valence-electron chi connectivity index (χ2n) is 6.07. The van der Waals surface area contributed by atoms with Crippen LogP contribution < -0.4 is 9.47 Å². The molecule has 2 aromatic rings. The van der Waals surface area contributed by atoms with E-state index in [0.717, 1.165) is 54.6 Å². The molecule has 0 heterocycles. The first-order valence-corrected chi connectivity index (χ1v) is 9.08. The van der Waals surface area contributed by atoms with Crippen molar-refractivity contribution in [2.45, 2.75) is 52.6 Å². The van der Waals surface area contributed by atoms with Gasteiger partial charge in [0.25, 0.3) is 0 Å². The second-order valence-corrected chi connectivity index (χ2v) is 6.45. The Kier molecular flexibility index (Phi) is 7.04. The lowest BCUT2D eigenvalue weighted by atomic mass is 10.1. The second kappa shape index (κ2) is 9.02. The predicted molar refractivity (Wildman–Crippen MR) is 99.1 cm³/mol. The molecule has 0 aliphatic carbocycles. The summed E-state index contributed by atoms with van der Waals surface area (Å²) >= 11 is 5.77. The summed E-state index contributed by atoms with van der Waals surface area (Å²) in [6.45, 7) is 7.13. The first kappa shape index (κ1) is 17.9. The van der Waals surface area contributed by atoms with E-state index in [9.17, 15) is 0 Å². The summed E-state index contributed by atoms with van der Waals surface area (Å²) in [5, 5.41) is 2.24. The first-order chi connectivity index (χ1) is 11.2. The van der Waals surface area contributed by atoms with Gasteiger partial charge in [0, 0.05) is 16.7 Å². The van der Waals surface area contributed by atoms with Crippen LogP contribution in [0.25, 0.3) is 10.8 Å². The van der Waals surface area contributed by atoms with Gasteiger partial charge in [-0.3, -0.25) is 0 Å². The summed E-state index contributed by atoms with van der Waals surface area (Å²) in [6.07, 6.45) is 4.30. The maximum Gasteiger partial charge on any atom is 0.127 e. The van der Waals surface area contributed by atoms with Crippen LogP contribution in [-0.4, -0.2) is 18.6 Å². The molecule has 0 radical (unpaired) electrons. The van der Waals surface area contributed by atoms with Gasteiger partial charge in [0.1, 0.15) is 11.5 Å². The summed E-state index contributed by atoms with van der Waals surface area (Å²) in [5.74, 6) is 2.54. The van der Waals surface area contributed by atoms with E-state index in [0.29, 0.717) is 5.88 Å². The highest BCUT2D eigenvalue weighted by Crippen LogP contribution is 2.34. The minimum absolute atomic E-state index is 0.157. The third-order valence-corrected chi connectivity index (χ3v) is 4.19. The molecule has 0 amide bonds. The van der Waals surface area contributed by atoms with Crippen LogP contribution in [0.4, 0.5) is 0 Å². The van der Waals surface area contributed by atoms with Gasteiger partial charge in [-0.2, -0.15) is 0 Å². The molecule has 1 atom stereocenters. The first-order valence-electron chi connectivity index (χ1n) is 8.54. The molecule has 0 N–H and O–H groups in total. The topological polar surface area (TPSA) is 18.5 Å². The lowest BCUT2D eigenvalue weighted by Crippen LogP contribution is -2.12. The highest BCUT2D eigenvalue weighted by Gasteiger charge is 2.11. The van der Waals surface area contributed by atoms with Crippen molar-refractivity contribution in [2.24, 2.45) is 0 Å². The quantitative estimate of drug-likeness (QED) is 0.406. The number of fused-ring (bicyclic) bond motifs is 1. The fourth-order valence-corrected chi connectivity index (χ4v) is 2.76. The van der Waals surface area contributed by atoms with Crippen LogP contribution in [-0.2, 0) is 0 Å². The Hall–Kier alpha value is -1.41. The van der Waals surface area contributed by atoms with Crippen molar-refractivity contribution in [3.8, 4) is 11.5 Å². The van der Waals surface area contributed by atoms with Crippen molar-refractivity contribution in [3.05, 3.63) is 35.9 Å². The molecule has 0 fully saturated rings. The van der Waals surface area contributed by atoms with E-state index < -0.39 is 0 Å². The molecule has 0 spiro atoms. The fourth-order valence-electron chi connectivity index (χ4n) is 2.60. The molecule has 3 heteroatoms. The van der Waals surface area contributed by atoms with Gasteiger partial charge >= 0.3 is 0 Å². The van der Waals surface area contributed by atoms with E-state index >= 15 is 0 Å². The van der Waals surface area contributed by atoms with Crippen LogP contribution in [0.2, 0.25) is 0 Å². The van der Waals surface area contributed by atoms with Crippen molar-refractivity contribution >= 4 is 22.4 Å². The summed E-state index contributed by atoms with van der Waals surface area (Å²) < 4.78 is 12.1. The lowest BCUT2D eigenvalue weighted by Gasteiger charge is -2.18. The van der Waals surface area contributed by atoms with Crippen LogP contribution in [0.15, 0.2) is 30.3 Å². The Morgan fingerprint density at radius 1 is 1.04 bits per heavy atom. The fraction of sp³-hybridized carbons (Fsp3) is 0.500. The molecule has 0 bridgehead atoms. The number of halogens is 1. The standard InChI is InChI=1S/C20H27ClO2/c1-4-5-13-22-19-10-11-20(23-16(3)7-6-12-21)18-14-15(2)8-9-17(18)19/h8-11,14,16H,4-7,12-13H2,1-3H3. The Labute approximate surface area is 144 Å². The number of benzene rings is 2. The summed E-state index contributed by atoms with van der Waals surface area (Å²) in [6, 6.07) is 10.5. The van der Waals surface area contributed by atoms with Gasteiger partial charge in [-0.25, -0.2) is 0 Å². The molecule has 2 aromatic carbocycles. The molecular formula is C20H27ClO2. The Bertz CT molecular complexity index is 624. The van der Waals surface area contributed by atoms with Gasteiger partial charge in [0.15, 0.2) is 0 Å². The van der Waals surface area contributed by atoms with Crippen LogP contribution in [0.3, 0.4) is 0 Å². The van der Waals surface area contributed by atoms with Gasteiger partial charge in [-0.1, -0.05) is 31.0 Å². The number of hydrogen-bond donors (Lipinski definition) is 0. The molecule has 23 heavy (non-hydrogen) atoms. The molecule has 2 nitrogen and oxygen atoms in total. The summed E-state index contributed by atoms with van der Waals surface area (Å²) in [4.78, 5) is 0. The van der Waals surface area contributed by atoms with Crippen molar-refractivity contribution in [2.75, 3.05) is 12.5 Å². The van der Waals surface area contributed by atoms with Gasteiger partial charge in [0.05, 0.1) is 12.7 Å². The monoisotopic (exact) mass is 334 g/mol. The average Bonchev–Trinajstić information content (AvgIpc) is 2.55. The van der Waals surface area contributed by atoms with Gasteiger partial charge in [-0.05, 0) is 51.3 Å². The highest BCUT2D eigenvalue weighted by atomic mass is 35.5. The van der Waals surface area contributed by atoms with Gasteiger partial charge < -0.3 is 9.47 Å². The largest absolute Gasteiger partial charge is 0.493 e. The predicted octanol–water partition coefficient (Wildman–Crippen LogP) is 6.11. The number of alkyl halides is 1. The van der Waals surface area contributed by atoms with Crippen LogP contribution >= 0.6 is 11.6 Å². The molecule has 0 aliphatic heterocycles. The number of unbranched alkanes of at least 4 members (excludes halogenated alkanes) is 1. The van der Waals surface area contributed by atoms with E-state index in [1.807, 2.05) is 12.1 Å². The van der Waals surface area contributed by atoms with Crippen molar-refractivity contribution in [1.82, 2.24) is 0 Å². The maximum absolute atomic E-state index is 6.15. The summed E-state index contributed by atoms with van der Waals surface area (Å²) in [7, 11) is 0. The van der Waals surface area contributed by atoms with Gasteiger partial charge in [-0.15, -0.1) is 11.6 Å². The molecule has 0 aromatic heterocycles. The SMILES string of the molecule is CCCCOc1ccc(OC(C)CCCCl)c2cc(C)ccc12. The van der Waals surface area contributed by atoms with E-state index in [4.69, 9.17) is 21.1 Å². The summed E-state index contributed by atoms with van der Waals surface area (Å²) in [5.41, 5.74) is 1.22. The molecule has 126 valence electrons. The van der Waals surface area contributed by atoms with Crippen molar-refractivity contribution < 1.29 is 9.47 Å². The number of aryl methyl sites for hydroxylation is 1. The smallest absolute Gasteiger partial charge is 0.127 e. The Balaban J connectivity index is 2.27. The molecule has 0 saturated heterocycles. The van der Waals surface area contributed by atoms with Crippen LogP contribution in [0.5, 0.6) is 11.5 Å². The van der Waals surface area contributed by atoms with Crippen molar-refractivity contribution in [1.29, 1.82) is 0 Å². The Morgan fingerprint density at radius 2 is 1.83 bits per heavy atom. The molecular weight excluding hydrogens is 308 g/mol. The van der Waals surface area contributed by atoms with E-state index in [2.05, 4.69) is 39.0 Å². The van der Waals surface area contributed by atoms with Crippen molar-refractivity contribution in [3.63, 3.8) is 0 Å². The third-order valence-electron chi connectivity index (χ3n) is 3.92. The molecule has 0 saturated carbocycles. The number of ether oxygens (including phenoxy) is 2. The highest BCUT2D eigenvalue weighted by molar-refractivity contribution is 6.17. The zero-order valence-corrected chi connectivity index (χ0v) is 15.2. The normalized spacial score (nSPS) is 12.3.